The minimum absolute atomic E-state index is 0. The maximum atomic E-state index is 12.4. The molecule has 1 aromatic carbocycles. The van der Waals surface area contributed by atoms with E-state index in [1.54, 1.807) is 0 Å². The number of nitrogens with two attached hydrogens (primary N) is 1. The molecule has 0 aliphatic carbocycles. The fourth-order valence-corrected chi connectivity index (χ4v) is 2.97. The van der Waals surface area contributed by atoms with Gasteiger partial charge in [-0.25, -0.2) is 0 Å². The van der Waals surface area contributed by atoms with E-state index in [0.29, 0.717) is 18.5 Å². The Morgan fingerprint density at radius 3 is 2.52 bits per heavy atom. The van der Waals surface area contributed by atoms with Crippen molar-refractivity contribution in [1.29, 1.82) is 0 Å². The third-order valence-electron chi connectivity index (χ3n) is 4.74. The summed E-state index contributed by atoms with van der Waals surface area (Å²) in [6.07, 6.45) is 2.46. The molecule has 0 aromatic heterocycles. The van der Waals surface area contributed by atoms with Crippen molar-refractivity contribution in [1.82, 2.24) is 9.80 Å². The minimum atomic E-state index is -0.218. The van der Waals surface area contributed by atoms with Gasteiger partial charge in [-0.1, -0.05) is 30.3 Å². The molecule has 132 valence electrons. The molecule has 0 bridgehead atoms. The second-order valence-corrected chi connectivity index (χ2v) is 6.23. The van der Waals surface area contributed by atoms with Crippen molar-refractivity contribution in [3.05, 3.63) is 35.9 Å². The predicted octanol–water partition coefficient (Wildman–Crippen LogP) is 2.86. The summed E-state index contributed by atoms with van der Waals surface area (Å²) in [6.45, 7) is 3.27. The van der Waals surface area contributed by atoms with E-state index in [2.05, 4.69) is 18.9 Å². The molecule has 0 radical (unpaired) electrons. The summed E-state index contributed by atoms with van der Waals surface area (Å²) in [7, 11) is 4.07. The van der Waals surface area contributed by atoms with Crippen molar-refractivity contribution in [3.63, 3.8) is 0 Å². The smallest absolute Gasteiger partial charge is 0.224 e. The van der Waals surface area contributed by atoms with Crippen LogP contribution in [0.25, 0.3) is 0 Å². The lowest BCUT2D eigenvalue weighted by molar-refractivity contribution is -0.133. The van der Waals surface area contributed by atoms with Crippen molar-refractivity contribution < 1.29 is 4.79 Å². The number of hydrogen-bond donors (Lipinski definition) is 1. The first kappa shape index (κ1) is 22.2. The van der Waals surface area contributed by atoms with Gasteiger partial charge in [0.2, 0.25) is 5.91 Å². The highest BCUT2D eigenvalue weighted by molar-refractivity contribution is 5.85. The average Bonchev–Trinajstić information content (AvgIpc) is 2.50. The largest absolute Gasteiger partial charge is 0.343 e. The van der Waals surface area contributed by atoms with Gasteiger partial charge in [-0.15, -0.1) is 24.8 Å². The van der Waals surface area contributed by atoms with Crippen LogP contribution in [0.3, 0.4) is 0 Å². The Morgan fingerprint density at radius 2 is 1.96 bits per heavy atom. The number of carbonyl (C=O) groups is 1. The summed E-state index contributed by atoms with van der Waals surface area (Å²) in [6, 6.07) is 10.5. The Hall–Kier alpha value is -0.810. The molecular formula is C17H29Cl2N3O. The number of piperidine rings is 1. The van der Waals surface area contributed by atoms with E-state index in [4.69, 9.17) is 5.73 Å². The van der Waals surface area contributed by atoms with Crippen molar-refractivity contribution in [2.45, 2.75) is 44.3 Å². The Morgan fingerprint density at radius 1 is 1.35 bits per heavy atom. The maximum absolute atomic E-state index is 12.4. The third-order valence-corrected chi connectivity index (χ3v) is 4.74. The molecular weight excluding hydrogens is 333 g/mol. The van der Waals surface area contributed by atoms with E-state index in [1.807, 2.05) is 42.3 Å². The standard InChI is InChI=1S/C17H27N3O.2ClH/c1-13-11-15(9-10-19(13)2)20(3)17(21)12-16(18)14-7-5-4-6-8-14;;/h4-8,13,15-16H,9-12,18H2,1-3H3;2*1H. The van der Waals surface area contributed by atoms with Crippen LogP contribution in [0, 0.1) is 0 Å². The fourth-order valence-electron chi connectivity index (χ4n) is 2.97. The van der Waals surface area contributed by atoms with Crippen LogP contribution in [0.15, 0.2) is 30.3 Å². The molecule has 0 spiro atoms. The van der Waals surface area contributed by atoms with Gasteiger partial charge < -0.3 is 15.5 Å². The number of amides is 1. The van der Waals surface area contributed by atoms with Gasteiger partial charge >= 0.3 is 0 Å². The Bertz CT molecular complexity index is 472. The molecule has 2 N–H and O–H groups in total. The molecule has 3 atom stereocenters. The SMILES string of the molecule is CC1CC(N(C)C(=O)CC(N)c2ccccc2)CCN1C.Cl.Cl. The number of nitrogens with zero attached hydrogens (tertiary/aromatic N) is 2. The molecule has 0 saturated carbocycles. The molecule has 23 heavy (non-hydrogen) atoms. The Labute approximate surface area is 152 Å². The van der Waals surface area contributed by atoms with Crippen molar-refractivity contribution in [2.24, 2.45) is 5.73 Å². The highest BCUT2D eigenvalue weighted by Crippen LogP contribution is 2.22. The Kier molecular flexibility index (Phi) is 9.78. The Balaban J connectivity index is 0.00000242. The zero-order valence-corrected chi connectivity index (χ0v) is 15.8. The van der Waals surface area contributed by atoms with Crippen molar-refractivity contribution >= 4 is 30.7 Å². The van der Waals surface area contributed by atoms with Gasteiger partial charge in [0.15, 0.2) is 0 Å². The molecule has 6 heteroatoms. The van der Waals surface area contributed by atoms with Crippen LogP contribution in [-0.4, -0.2) is 48.4 Å². The molecule has 1 amide bonds. The molecule has 1 fully saturated rings. The lowest BCUT2D eigenvalue weighted by Gasteiger charge is -2.39. The average molecular weight is 362 g/mol. The first-order valence-corrected chi connectivity index (χ1v) is 7.75. The van der Waals surface area contributed by atoms with Crippen LogP contribution in [0.4, 0.5) is 0 Å². The number of hydrogen-bond acceptors (Lipinski definition) is 3. The summed E-state index contributed by atoms with van der Waals surface area (Å²) in [5.41, 5.74) is 7.18. The van der Waals surface area contributed by atoms with Gasteiger partial charge in [0.1, 0.15) is 0 Å². The minimum Gasteiger partial charge on any atom is -0.343 e. The van der Waals surface area contributed by atoms with Gasteiger partial charge in [0, 0.05) is 38.1 Å². The second kappa shape index (κ2) is 10.1. The van der Waals surface area contributed by atoms with Gasteiger partial charge in [0.25, 0.3) is 0 Å². The van der Waals surface area contributed by atoms with E-state index >= 15 is 0 Å². The summed E-state index contributed by atoms with van der Waals surface area (Å²) < 4.78 is 0. The van der Waals surface area contributed by atoms with Crippen molar-refractivity contribution in [2.75, 3.05) is 20.6 Å². The highest BCUT2D eigenvalue weighted by Gasteiger charge is 2.28. The van der Waals surface area contributed by atoms with Gasteiger partial charge in [-0.3, -0.25) is 4.79 Å². The third kappa shape index (κ3) is 5.96. The van der Waals surface area contributed by atoms with Gasteiger partial charge in [-0.05, 0) is 32.4 Å². The molecule has 1 saturated heterocycles. The molecule has 1 heterocycles. The number of benzene rings is 1. The molecule has 4 nitrogen and oxygen atoms in total. The zero-order valence-electron chi connectivity index (χ0n) is 14.1. The monoisotopic (exact) mass is 361 g/mol. The summed E-state index contributed by atoms with van der Waals surface area (Å²) in [5.74, 6) is 0.146. The normalized spacial score (nSPS) is 22.4. The fraction of sp³-hybridized carbons (Fsp3) is 0.588. The predicted molar refractivity (Wildman–Crippen MR) is 100 cm³/mol. The lowest BCUT2D eigenvalue weighted by Crippen LogP contribution is -2.48. The molecule has 1 aromatic rings. The summed E-state index contributed by atoms with van der Waals surface area (Å²) in [5, 5.41) is 0. The number of carbonyl (C=O) groups excluding carboxylic acids is 1. The van der Waals surface area contributed by atoms with E-state index in [9.17, 15) is 4.79 Å². The number of halogens is 2. The molecule has 1 aliphatic heterocycles. The molecule has 1 aliphatic rings. The molecule has 2 rings (SSSR count). The van der Waals surface area contributed by atoms with E-state index in [-0.39, 0.29) is 36.8 Å². The molecule has 3 unspecified atom stereocenters. The maximum Gasteiger partial charge on any atom is 0.224 e. The van der Waals surface area contributed by atoms with Crippen LogP contribution < -0.4 is 5.73 Å². The lowest BCUT2D eigenvalue weighted by atomic mass is 9.96. The van der Waals surface area contributed by atoms with Gasteiger partial charge in [-0.2, -0.15) is 0 Å². The van der Waals surface area contributed by atoms with Crippen LogP contribution in [0.2, 0.25) is 0 Å². The summed E-state index contributed by atoms with van der Waals surface area (Å²) in [4.78, 5) is 16.7. The second-order valence-electron chi connectivity index (χ2n) is 6.23. The topological polar surface area (TPSA) is 49.6 Å². The van der Waals surface area contributed by atoms with Crippen LogP contribution in [0.1, 0.15) is 37.8 Å². The number of likely N-dealkylation sites (tertiary alicyclic amines) is 1. The van der Waals surface area contributed by atoms with E-state index in [0.717, 1.165) is 24.9 Å². The quantitative estimate of drug-likeness (QED) is 0.896. The van der Waals surface area contributed by atoms with Crippen molar-refractivity contribution in [3.8, 4) is 0 Å². The summed E-state index contributed by atoms with van der Waals surface area (Å²) >= 11 is 0. The first-order chi connectivity index (χ1) is 9.99. The number of rotatable bonds is 4. The van der Waals surface area contributed by atoms with E-state index in [1.165, 1.54) is 0 Å². The zero-order chi connectivity index (χ0) is 15.4. The van der Waals surface area contributed by atoms with Crippen LogP contribution in [-0.2, 0) is 4.79 Å². The van der Waals surface area contributed by atoms with Crippen LogP contribution in [0.5, 0.6) is 0 Å². The van der Waals surface area contributed by atoms with Crippen LogP contribution >= 0.6 is 24.8 Å². The first-order valence-electron chi connectivity index (χ1n) is 7.75. The highest BCUT2D eigenvalue weighted by atomic mass is 35.5. The van der Waals surface area contributed by atoms with Gasteiger partial charge in [0.05, 0.1) is 0 Å². The van der Waals surface area contributed by atoms with E-state index < -0.39 is 0 Å².